The van der Waals surface area contributed by atoms with Crippen molar-refractivity contribution in [3.8, 4) is 0 Å². The molecule has 2 heterocycles. The zero-order chi connectivity index (χ0) is 21.7. The zero-order valence-electron chi connectivity index (χ0n) is 15.9. The molecule has 3 aromatic carbocycles. The molecule has 150 valence electrons. The topological polar surface area (TPSA) is 92.2 Å². The van der Waals surface area contributed by atoms with Gasteiger partial charge in [0, 0.05) is 0 Å². The number of para-hydroxylation sites is 2. The van der Waals surface area contributed by atoms with Gasteiger partial charge in [0.2, 0.25) is 0 Å². The molecule has 2 amide bonds. The normalized spacial score (nSPS) is 13.0. The fraction of sp³-hybridized carbons (Fsp3) is 0. The third-order valence-electron chi connectivity index (χ3n) is 5.18. The fourth-order valence-corrected chi connectivity index (χ4v) is 4.00. The maximum Gasteiger partial charge on any atom is 0.269 e. The van der Waals surface area contributed by atoms with Crippen molar-refractivity contribution < 1.29 is 14.4 Å². The molecule has 0 unspecified atom stereocenters. The van der Waals surface area contributed by atoms with Crippen molar-refractivity contribution in [2.45, 2.75) is 0 Å². The number of rotatable bonds is 2. The highest BCUT2D eigenvalue weighted by molar-refractivity contribution is 7.71. The van der Waals surface area contributed by atoms with Gasteiger partial charge in [0.15, 0.2) is 4.77 Å². The molecule has 0 radical (unpaired) electrons. The predicted molar refractivity (Wildman–Crippen MR) is 117 cm³/mol. The minimum Gasteiger partial charge on any atom is -0.331 e. The maximum absolute atomic E-state index is 13.4. The van der Waals surface area contributed by atoms with Crippen LogP contribution in [0.2, 0.25) is 0 Å². The lowest BCUT2D eigenvalue weighted by Crippen LogP contribution is -2.34. The van der Waals surface area contributed by atoms with Crippen LogP contribution in [0.5, 0.6) is 0 Å². The number of aromatic nitrogens is 2. The van der Waals surface area contributed by atoms with Crippen LogP contribution in [0.3, 0.4) is 0 Å². The molecule has 0 bridgehead atoms. The van der Waals surface area contributed by atoms with Crippen molar-refractivity contribution in [3.63, 3.8) is 0 Å². The van der Waals surface area contributed by atoms with Crippen LogP contribution >= 0.6 is 12.2 Å². The van der Waals surface area contributed by atoms with Gasteiger partial charge in [-0.15, -0.1) is 0 Å². The number of carbonyl (C=O) groups is 3. The van der Waals surface area contributed by atoms with E-state index in [9.17, 15) is 19.2 Å². The molecule has 1 aliphatic heterocycles. The molecule has 0 aliphatic carbocycles. The lowest BCUT2D eigenvalue weighted by Gasteiger charge is -2.18. The summed E-state index contributed by atoms with van der Waals surface area (Å²) >= 11 is 5.26. The molecule has 1 aromatic heterocycles. The summed E-state index contributed by atoms with van der Waals surface area (Å²) in [6.07, 6.45) is 0. The number of nitrogens with one attached hydrogen (secondary N) is 1. The van der Waals surface area contributed by atoms with E-state index in [-0.39, 0.29) is 27.1 Å². The lowest BCUT2D eigenvalue weighted by molar-refractivity contribution is 0.0926. The van der Waals surface area contributed by atoms with E-state index in [4.69, 9.17) is 12.2 Å². The Hall–Kier alpha value is -4.17. The van der Waals surface area contributed by atoms with E-state index in [0.29, 0.717) is 10.9 Å². The van der Waals surface area contributed by atoms with Crippen molar-refractivity contribution in [1.29, 1.82) is 0 Å². The van der Waals surface area contributed by atoms with Gasteiger partial charge in [-0.1, -0.05) is 36.4 Å². The van der Waals surface area contributed by atoms with Crippen LogP contribution in [0, 0.1) is 4.77 Å². The van der Waals surface area contributed by atoms with E-state index >= 15 is 0 Å². The van der Waals surface area contributed by atoms with Gasteiger partial charge in [0.1, 0.15) is 0 Å². The van der Waals surface area contributed by atoms with Gasteiger partial charge in [0.05, 0.1) is 33.3 Å². The summed E-state index contributed by atoms with van der Waals surface area (Å²) in [4.78, 5) is 56.1. The van der Waals surface area contributed by atoms with Crippen molar-refractivity contribution in [2.24, 2.45) is 0 Å². The van der Waals surface area contributed by atoms with E-state index in [1.165, 1.54) is 12.1 Å². The summed E-state index contributed by atoms with van der Waals surface area (Å²) < 4.78 is 0.764. The number of hydrogen-bond donors (Lipinski definition) is 1. The number of nitrogens with zero attached hydrogens (tertiary/aromatic N) is 2. The van der Waals surface area contributed by atoms with Crippen LogP contribution in [0.4, 0.5) is 5.69 Å². The molecule has 0 spiro atoms. The summed E-state index contributed by atoms with van der Waals surface area (Å²) in [6.45, 7) is 0. The number of fused-ring (bicyclic) bond motifs is 2. The summed E-state index contributed by atoms with van der Waals surface area (Å²) in [6, 6.07) is 19.3. The average Bonchev–Trinajstić information content (AvgIpc) is 3.04. The lowest BCUT2D eigenvalue weighted by atomic mass is 10.1. The number of carbonyl (C=O) groups excluding carboxylic acids is 3. The molecule has 1 N–H and O–H groups in total. The largest absolute Gasteiger partial charge is 0.331 e. The quantitative estimate of drug-likeness (QED) is 0.390. The van der Waals surface area contributed by atoms with E-state index in [0.717, 1.165) is 9.47 Å². The average molecular weight is 427 g/mol. The Kier molecular flexibility index (Phi) is 4.23. The number of benzene rings is 3. The zero-order valence-corrected chi connectivity index (χ0v) is 16.7. The van der Waals surface area contributed by atoms with Gasteiger partial charge in [0.25, 0.3) is 23.3 Å². The molecule has 31 heavy (non-hydrogen) atoms. The number of imide groups is 1. The third-order valence-corrected chi connectivity index (χ3v) is 5.46. The Morgan fingerprint density at radius 3 is 2.06 bits per heavy atom. The van der Waals surface area contributed by atoms with Gasteiger partial charge in [-0.25, -0.2) is 9.47 Å². The van der Waals surface area contributed by atoms with Gasteiger partial charge in [-0.3, -0.25) is 19.2 Å². The Bertz CT molecular complexity index is 1520. The first kappa shape index (κ1) is 18.8. The number of hydrogen-bond acceptors (Lipinski definition) is 5. The maximum atomic E-state index is 13.4. The molecule has 0 saturated heterocycles. The highest BCUT2D eigenvalue weighted by Gasteiger charge is 2.38. The number of anilines is 1. The van der Waals surface area contributed by atoms with E-state index in [2.05, 4.69) is 4.98 Å². The molecule has 7 nitrogen and oxygen atoms in total. The molecule has 5 rings (SSSR count). The monoisotopic (exact) mass is 427 g/mol. The number of aromatic amines is 1. The smallest absolute Gasteiger partial charge is 0.269 e. The SMILES string of the molecule is O=C1c2ccccc2C(=O)N1c1ccccc1C(=O)n1c(=S)[nH]c2ccccc2c1=O. The molecule has 4 aromatic rings. The second-order valence-electron chi connectivity index (χ2n) is 6.93. The summed E-state index contributed by atoms with van der Waals surface area (Å²) in [5.41, 5.74) is 0.545. The molecule has 0 saturated carbocycles. The predicted octanol–water partition coefficient (Wildman–Crippen LogP) is 3.55. The minimum atomic E-state index is -0.732. The third kappa shape index (κ3) is 2.77. The van der Waals surface area contributed by atoms with Crippen LogP contribution in [0.1, 0.15) is 31.1 Å². The molecular weight excluding hydrogens is 414 g/mol. The second kappa shape index (κ2) is 6.96. The first-order chi connectivity index (χ1) is 15.0. The first-order valence-electron chi connectivity index (χ1n) is 9.34. The van der Waals surface area contributed by atoms with Crippen LogP contribution in [-0.2, 0) is 0 Å². The van der Waals surface area contributed by atoms with Crippen LogP contribution in [0.25, 0.3) is 10.9 Å². The first-order valence-corrected chi connectivity index (χ1v) is 9.75. The van der Waals surface area contributed by atoms with E-state index in [1.807, 2.05) is 0 Å². The van der Waals surface area contributed by atoms with Gasteiger partial charge >= 0.3 is 0 Å². The van der Waals surface area contributed by atoms with Crippen molar-refractivity contribution in [2.75, 3.05) is 4.90 Å². The summed E-state index contributed by atoms with van der Waals surface area (Å²) in [5.74, 6) is -1.79. The van der Waals surface area contributed by atoms with E-state index in [1.54, 1.807) is 60.7 Å². The van der Waals surface area contributed by atoms with Crippen LogP contribution in [0.15, 0.2) is 77.6 Å². The Labute approximate surface area is 180 Å². The highest BCUT2D eigenvalue weighted by Crippen LogP contribution is 2.31. The Balaban J connectivity index is 1.69. The van der Waals surface area contributed by atoms with Gasteiger partial charge in [-0.05, 0) is 48.6 Å². The Morgan fingerprint density at radius 1 is 0.774 bits per heavy atom. The van der Waals surface area contributed by atoms with Crippen molar-refractivity contribution in [3.05, 3.63) is 105 Å². The number of amides is 2. The standard InChI is InChI=1S/C23H13N3O4S/c27-19-13-7-1-2-8-14(13)20(28)25(19)18-12-6-4-10-16(18)22(30)26-21(29)15-9-3-5-11-17(15)24-23(26)31/h1-12H,(H,24,31). The van der Waals surface area contributed by atoms with E-state index < -0.39 is 23.3 Å². The molecular formula is C23H13N3O4S. The highest BCUT2D eigenvalue weighted by atomic mass is 32.1. The second-order valence-corrected chi connectivity index (χ2v) is 7.32. The molecule has 8 heteroatoms. The van der Waals surface area contributed by atoms with Crippen LogP contribution < -0.4 is 10.5 Å². The van der Waals surface area contributed by atoms with Gasteiger partial charge in [-0.2, -0.15) is 0 Å². The molecule has 1 aliphatic rings. The fourth-order valence-electron chi connectivity index (χ4n) is 3.72. The van der Waals surface area contributed by atoms with Gasteiger partial charge < -0.3 is 4.98 Å². The molecule has 0 atom stereocenters. The molecule has 0 fully saturated rings. The Morgan fingerprint density at radius 2 is 1.35 bits per heavy atom. The van der Waals surface area contributed by atoms with Crippen molar-refractivity contribution >= 4 is 46.5 Å². The minimum absolute atomic E-state index is 0.00823. The summed E-state index contributed by atoms with van der Waals surface area (Å²) in [7, 11) is 0. The summed E-state index contributed by atoms with van der Waals surface area (Å²) in [5, 5.41) is 0.294. The van der Waals surface area contributed by atoms with Crippen molar-refractivity contribution in [1.82, 2.24) is 9.55 Å². The number of H-pyrrole nitrogens is 1. The van der Waals surface area contributed by atoms with Crippen LogP contribution in [-0.4, -0.2) is 27.3 Å².